The van der Waals surface area contributed by atoms with Crippen molar-refractivity contribution in [3.8, 4) is 5.75 Å². The maximum atomic E-state index is 14.2. The van der Waals surface area contributed by atoms with Crippen molar-refractivity contribution < 1.29 is 27.1 Å². The lowest BCUT2D eigenvalue weighted by molar-refractivity contribution is -0.140. The molecule has 0 unspecified atom stereocenters. The Bertz CT molecular complexity index is 1480. The summed E-state index contributed by atoms with van der Waals surface area (Å²) in [6.07, 6.45) is 0.984. The summed E-state index contributed by atoms with van der Waals surface area (Å²) in [5, 5.41) is 2.94. The summed E-state index contributed by atoms with van der Waals surface area (Å²) in [6.45, 7) is 8.65. The number of hydrogen-bond donors (Lipinski definition) is 1. The number of carbonyl (C=O) groups is 2. The van der Waals surface area contributed by atoms with Crippen LogP contribution in [0.25, 0.3) is 0 Å². The lowest BCUT2D eigenvalue weighted by Gasteiger charge is -2.34. The molecule has 10 heteroatoms. The molecule has 3 aromatic rings. The fraction of sp³-hybridized carbons (Fsp3) is 0.375. The molecular weight excluding hydrogens is 557 g/mol. The second-order valence-electron chi connectivity index (χ2n) is 10.4. The number of nitrogens with one attached hydrogen (secondary N) is 1. The number of sulfonamides is 1. The molecule has 8 nitrogen and oxygen atoms in total. The molecule has 2 amide bonds. The molecule has 0 heterocycles. The van der Waals surface area contributed by atoms with E-state index in [9.17, 15) is 22.4 Å². The van der Waals surface area contributed by atoms with Crippen molar-refractivity contribution in [2.24, 2.45) is 0 Å². The zero-order valence-electron chi connectivity index (χ0n) is 25.1. The number of benzene rings is 3. The lowest BCUT2D eigenvalue weighted by Crippen LogP contribution is -2.53. The molecule has 0 fully saturated rings. The van der Waals surface area contributed by atoms with E-state index in [1.54, 1.807) is 49.4 Å². The average Bonchev–Trinajstić information content (AvgIpc) is 2.96. The highest BCUT2D eigenvalue weighted by atomic mass is 32.2. The molecular formula is C32H40FN3O5S. The molecule has 0 aliphatic heterocycles. The Balaban J connectivity index is 2.12. The number of carbonyl (C=O) groups excluding carboxylic acids is 2. The molecule has 0 radical (unpaired) electrons. The lowest BCUT2D eigenvalue weighted by atomic mass is 10.1. The van der Waals surface area contributed by atoms with Crippen molar-refractivity contribution in [1.82, 2.24) is 10.2 Å². The fourth-order valence-electron chi connectivity index (χ4n) is 4.49. The van der Waals surface area contributed by atoms with Gasteiger partial charge in [0.15, 0.2) is 0 Å². The van der Waals surface area contributed by atoms with E-state index < -0.39 is 34.3 Å². The average molecular weight is 598 g/mol. The van der Waals surface area contributed by atoms with E-state index in [-0.39, 0.29) is 41.2 Å². The van der Waals surface area contributed by atoms with Crippen LogP contribution in [-0.4, -0.2) is 50.9 Å². The minimum Gasteiger partial charge on any atom is -0.495 e. The van der Waals surface area contributed by atoms with Gasteiger partial charge in [-0.05, 0) is 81.1 Å². The van der Waals surface area contributed by atoms with E-state index >= 15 is 0 Å². The number of halogens is 1. The van der Waals surface area contributed by atoms with Crippen LogP contribution in [0.4, 0.5) is 10.1 Å². The van der Waals surface area contributed by atoms with Gasteiger partial charge in [-0.3, -0.25) is 13.9 Å². The number of aryl methyl sites for hydroxylation is 2. The second-order valence-corrected chi connectivity index (χ2v) is 12.3. The summed E-state index contributed by atoms with van der Waals surface area (Å²) in [7, 11) is -2.82. The van der Waals surface area contributed by atoms with Gasteiger partial charge in [0.2, 0.25) is 11.8 Å². The van der Waals surface area contributed by atoms with Crippen LogP contribution in [0.1, 0.15) is 50.3 Å². The molecule has 1 N–H and O–H groups in total. The van der Waals surface area contributed by atoms with Gasteiger partial charge in [0.05, 0.1) is 17.7 Å². The number of methoxy groups -OCH3 is 1. The summed E-state index contributed by atoms with van der Waals surface area (Å²) in [4.78, 5) is 28.9. The molecule has 0 spiro atoms. The first-order valence-electron chi connectivity index (χ1n) is 14.0. The normalized spacial score (nSPS) is 12.7. The molecule has 0 aliphatic carbocycles. The Morgan fingerprint density at radius 3 is 2.12 bits per heavy atom. The second kappa shape index (κ2) is 14.3. The minimum atomic E-state index is -4.25. The van der Waals surface area contributed by atoms with E-state index in [1.807, 2.05) is 27.7 Å². The SMILES string of the molecule is CC[C@H](C)NC(=O)[C@H](CC)N(Cc1ccc(F)cc1)C(=O)CN(c1cc(C)ccc1OC)S(=O)(=O)c1ccc(C)cc1. The Hall–Kier alpha value is -3.92. The highest BCUT2D eigenvalue weighted by Gasteiger charge is 2.35. The molecule has 42 heavy (non-hydrogen) atoms. The van der Waals surface area contributed by atoms with Gasteiger partial charge >= 0.3 is 0 Å². The van der Waals surface area contributed by atoms with Crippen molar-refractivity contribution in [2.45, 2.75) is 71.0 Å². The van der Waals surface area contributed by atoms with Gasteiger partial charge in [-0.1, -0.05) is 49.7 Å². The van der Waals surface area contributed by atoms with E-state index in [2.05, 4.69) is 5.32 Å². The Kier molecular flexibility index (Phi) is 11.1. The highest BCUT2D eigenvalue weighted by Crippen LogP contribution is 2.34. The molecule has 0 saturated heterocycles. The van der Waals surface area contributed by atoms with Gasteiger partial charge in [0, 0.05) is 12.6 Å². The maximum Gasteiger partial charge on any atom is 0.264 e. The number of amides is 2. The van der Waals surface area contributed by atoms with E-state index in [0.717, 1.165) is 15.4 Å². The fourth-order valence-corrected chi connectivity index (χ4v) is 5.91. The molecule has 3 aromatic carbocycles. The quantitative estimate of drug-likeness (QED) is 0.286. The van der Waals surface area contributed by atoms with E-state index in [4.69, 9.17) is 4.74 Å². The Labute approximate surface area is 248 Å². The summed E-state index contributed by atoms with van der Waals surface area (Å²) in [6, 6.07) is 16.1. The summed E-state index contributed by atoms with van der Waals surface area (Å²) in [5.74, 6) is -1.09. The molecule has 0 aliphatic rings. The Morgan fingerprint density at radius 2 is 1.55 bits per heavy atom. The van der Waals surface area contributed by atoms with Crippen LogP contribution in [0.3, 0.4) is 0 Å². The summed E-state index contributed by atoms with van der Waals surface area (Å²) in [5.41, 5.74) is 2.45. The topological polar surface area (TPSA) is 96.0 Å². The first-order valence-corrected chi connectivity index (χ1v) is 15.4. The number of ether oxygens (including phenoxy) is 1. The van der Waals surface area contributed by atoms with Crippen LogP contribution in [-0.2, 0) is 26.2 Å². The van der Waals surface area contributed by atoms with Crippen LogP contribution in [0.2, 0.25) is 0 Å². The van der Waals surface area contributed by atoms with Gasteiger partial charge in [-0.2, -0.15) is 0 Å². The third kappa shape index (κ3) is 7.88. The zero-order valence-corrected chi connectivity index (χ0v) is 25.9. The molecule has 0 saturated carbocycles. The zero-order chi connectivity index (χ0) is 31.0. The highest BCUT2D eigenvalue weighted by molar-refractivity contribution is 7.92. The number of rotatable bonds is 13. The molecule has 0 aromatic heterocycles. The van der Waals surface area contributed by atoms with E-state index in [0.29, 0.717) is 12.0 Å². The van der Waals surface area contributed by atoms with Crippen molar-refractivity contribution >= 4 is 27.5 Å². The minimum absolute atomic E-state index is 0.0103. The van der Waals surface area contributed by atoms with E-state index in [1.165, 1.54) is 36.3 Å². The molecule has 226 valence electrons. The standard InChI is InChI=1S/C32H40FN3O5S/c1-7-24(5)34-32(38)28(8-2)35(20-25-12-14-26(33)15-13-25)31(37)21-36(29-19-23(4)11-18-30(29)41-6)42(39,40)27-16-9-22(3)10-17-27/h9-19,24,28H,7-8,20-21H2,1-6H3,(H,34,38)/t24-,28-/m0/s1. The number of nitrogens with zero attached hydrogens (tertiary/aromatic N) is 2. The summed E-state index contributed by atoms with van der Waals surface area (Å²) >= 11 is 0. The molecule has 3 rings (SSSR count). The first-order chi connectivity index (χ1) is 19.9. The van der Waals surface area contributed by atoms with Gasteiger partial charge in [-0.15, -0.1) is 0 Å². The third-order valence-corrected chi connectivity index (χ3v) is 8.92. The van der Waals surface area contributed by atoms with Crippen LogP contribution in [0.5, 0.6) is 5.75 Å². The van der Waals surface area contributed by atoms with Crippen LogP contribution >= 0.6 is 0 Å². The predicted molar refractivity (Wildman–Crippen MR) is 162 cm³/mol. The smallest absolute Gasteiger partial charge is 0.264 e. The Morgan fingerprint density at radius 1 is 0.929 bits per heavy atom. The van der Waals surface area contributed by atoms with Crippen LogP contribution in [0, 0.1) is 19.7 Å². The third-order valence-electron chi connectivity index (χ3n) is 7.14. The van der Waals surface area contributed by atoms with Crippen LogP contribution < -0.4 is 14.4 Å². The molecule has 0 bridgehead atoms. The van der Waals surface area contributed by atoms with Gasteiger partial charge in [0.25, 0.3) is 10.0 Å². The van der Waals surface area contributed by atoms with Gasteiger partial charge in [-0.25, -0.2) is 12.8 Å². The molecule has 2 atom stereocenters. The number of hydrogen-bond acceptors (Lipinski definition) is 5. The predicted octanol–water partition coefficient (Wildman–Crippen LogP) is 5.37. The largest absolute Gasteiger partial charge is 0.495 e. The van der Waals surface area contributed by atoms with Crippen molar-refractivity contribution in [3.05, 3.63) is 89.2 Å². The van der Waals surface area contributed by atoms with Crippen LogP contribution in [0.15, 0.2) is 71.6 Å². The number of anilines is 1. The van der Waals surface area contributed by atoms with Gasteiger partial charge in [0.1, 0.15) is 24.2 Å². The monoisotopic (exact) mass is 597 g/mol. The van der Waals surface area contributed by atoms with Gasteiger partial charge < -0.3 is 15.0 Å². The van der Waals surface area contributed by atoms with Crippen molar-refractivity contribution in [2.75, 3.05) is 18.0 Å². The van der Waals surface area contributed by atoms with Crippen molar-refractivity contribution in [1.29, 1.82) is 0 Å². The maximum absolute atomic E-state index is 14.2. The van der Waals surface area contributed by atoms with Crippen molar-refractivity contribution in [3.63, 3.8) is 0 Å². The first kappa shape index (κ1) is 32.6. The summed E-state index contributed by atoms with van der Waals surface area (Å²) < 4.78 is 48.4.